The van der Waals surface area contributed by atoms with Crippen LogP contribution in [-0.2, 0) is 12.6 Å². The topological polar surface area (TPSA) is 72.8 Å². The molecule has 9 heteroatoms. The van der Waals surface area contributed by atoms with Gasteiger partial charge in [0.25, 0.3) is 0 Å². The normalized spacial score (nSPS) is 14.1. The van der Waals surface area contributed by atoms with Gasteiger partial charge in [0, 0.05) is 53.9 Å². The molecule has 1 aliphatic rings. The maximum atomic E-state index is 13.7. The van der Waals surface area contributed by atoms with Crippen molar-refractivity contribution in [1.82, 2.24) is 19.9 Å². The van der Waals surface area contributed by atoms with Crippen LogP contribution in [0.5, 0.6) is 5.75 Å². The Morgan fingerprint density at radius 2 is 1.94 bits per heavy atom. The summed E-state index contributed by atoms with van der Waals surface area (Å²) in [5, 5.41) is 3.66. The molecular formula is C24H20F3N5O. The molecule has 3 aromatic heterocycles. The Balaban J connectivity index is 1.41. The molecule has 0 spiro atoms. The number of fused-ring (bicyclic) bond motifs is 2. The molecule has 1 N–H and O–H groups in total. The van der Waals surface area contributed by atoms with Crippen LogP contribution in [0.15, 0.2) is 55.1 Å². The van der Waals surface area contributed by atoms with Crippen molar-refractivity contribution in [2.75, 3.05) is 18.5 Å². The maximum absolute atomic E-state index is 13.7. The fraction of sp³-hybridized carbons (Fsp3) is 0.250. The fourth-order valence-electron chi connectivity index (χ4n) is 4.03. The summed E-state index contributed by atoms with van der Waals surface area (Å²) in [5.74, 6) is 1.49. The average molecular weight is 451 g/mol. The highest BCUT2D eigenvalue weighted by molar-refractivity contribution is 5.87. The number of pyridine rings is 2. The summed E-state index contributed by atoms with van der Waals surface area (Å²) in [6.07, 6.45) is 0.762. The molecule has 0 unspecified atom stereocenters. The van der Waals surface area contributed by atoms with E-state index in [0.717, 1.165) is 29.5 Å². The molecule has 6 nitrogen and oxygen atoms in total. The molecule has 0 saturated heterocycles. The Hall–Kier alpha value is -3.75. The molecule has 0 radical (unpaired) electrons. The Bertz CT molecular complexity index is 1330. The zero-order valence-electron chi connectivity index (χ0n) is 17.7. The molecule has 168 valence electrons. The molecule has 0 fully saturated rings. The smallest absolute Gasteiger partial charge is 0.418 e. The first-order valence-electron chi connectivity index (χ1n) is 10.5. The highest BCUT2D eigenvalue weighted by Gasteiger charge is 2.34. The minimum Gasteiger partial charge on any atom is -0.491 e. The van der Waals surface area contributed by atoms with Crippen molar-refractivity contribution >= 4 is 16.7 Å². The number of anilines is 1. The number of benzene rings is 1. The van der Waals surface area contributed by atoms with Gasteiger partial charge in [-0.05, 0) is 24.3 Å². The highest BCUT2D eigenvalue weighted by Crippen LogP contribution is 2.37. The monoisotopic (exact) mass is 451 g/mol. The number of aromatic nitrogens is 4. The van der Waals surface area contributed by atoms with Gasteiger partial charge in [0.15, 0.2) is 0 Å². The van der Waals surface area contributed by atoms with Crippen LogP contribution in [0, 0.1) is 0 Å². The molecular weight excluding hydrogens is 431 g/mol. The predicted molar refractivity (Wildman–Crippen MR) is 118 cm³/mol. The highest BCUT2D eigenvalue weighted by atomic mass is 19.4. The van der Waals surface area contributed by atoms with E-state index in [-0.39, 0.29) is 11.4 Å². The van der Waals surface area contributed by atoms with Crippen molar-refractivity contribution in [3.8, 4) is 17.0 Å². The third kappa shape index (κ3) is 4.18. The number of alkyl halides is 3. The van der Waals surface area contributed by atoms with Crippen LogP contribution in [-0.4, -0.2) is 33.1 Å². The van der Waals surface area contributed by atoms with Gasteiger partial charge < -0.3 is 10.1 Å². The van der Waals surface area contributed by atoms with E-state index in [0.29, 0.717) is 35.6 Å². The molecule has 1 aromatic carbocycles. The molecule has 4 aromatic rings. The van der Waals surface area contributed by atoms with Crippen molar-refractivity contribution in [1.29, 1.82) is 0 Å². The largest absolute Gasteiger partial charge is 0.491 e. The molecule has 33 heavy (non-hydrogen) atoms. The van der Waals surface area contributed by atoms with Gasteiger partial charge in [-0.25, -0.2) is 9.97 Å². The lowest BCUT2D eigenvalue weighted by Crippen LogP contribution is -2.12. The van der Waals surface area contributed by atoms with Crippen LogP contribution in [0.2, 0.25) is 0 Å². The van der Waals surface area contributed by atoms with E-state index in [4.69, 9.17) is 4.74 Å². The van der Waals surface area contributed by atoms with Crippen LogP contribution < -0.4 is 10.1 Å². The summed E-state index contributed by atoms with van der Waals surface area (Å²) in [5.41, 5.74) is 1.91. The lowest BCUT2D eigenvalue weighted by atomic mass is 10.00. The van der Waals surface area contributed by atoms with Gasteiger partial charge in [0.1, 0.15) is 17.9 Å². The van der Waals surface area contributed by atoms with E-state index in [1.807, 2.05) is 6.07 Å². The van der Waals surface area contributed by atoms with Crippen LogP contribution in [0.4, 0.5) is 19.0 Å². The van der Waals surface area contributed by atoms with E-state index < -0.39 is 11.7 Å². The number of hydrogen-bond donors (Lipinski definition) is 1. The van der Waals surface area contributed by atoms with Crippen molar-refractivity contribution < 1.29 is 17.9 Å². The first-order valence-corrected chi connectivity index (χ1v) is 10.5. The van der Waals surface area contributed by atoms with Gasteiger partial charge in [0.05, 0.1) is 29.1 Å². The Kier molecular flexibility index (Phi) is 5.32. The van der Waals surface area contributed by atoms with Gasteiger partial charge in [-0.3, -0.25) is 9.97 Å². The fourth-order valence-corrected chi connectivity index (χ4v) is 4.03. The summed E-state index contributed by atoms with van der Waals surface area (Å²) >= 11 is 0. The molecule has 0 bridgehead atoms. The maximum Gasteiger partial charge on any atom is 0.418 e. The Labute approximate surface area is 187 Å². The quantitative estimate of drug-likeness (QED) is 0.447. The lowest BCUT2D eigenvalue weighted by Gasteiger charge is -2.16. The summed E-state index contributed by atoms with van der Waals surface area (Å²) in [6, 6.07) is 9.56. The molecule has 5 rings (SSSR count). The third-order valence-corrected chi connectivity index (χ3v) is 5.69. The molecule has 0 saturated carbocycles. The van der Waals surface area contributed by atoms with Crippen LogP contribution in [0.1, 0.15) is 29.7 Å². The van der Waals surface area contributed by atoms with Gasteiger partial charge >= 0.3 is 6.18 Å². The van der Waals surface area contributed by atoms with Gasteiger partial charge in [-0.15, -0.1) is 0 Å². The minimum atomic E-state index is -4.53. The van der Waals surface area contributed by atoms with E-state index in [9.17, 15) is 13.2 Å². The number of nitrogens with zero attached hydrogens (tertiary/aromatic N) is 4. The standard InChI is InChI=1S/C24H20F3N5O/c1-14(17-4-7-28-19-5-8-33-23(17)19)12-30-21-11-20(31-13-32-21)16-9-15-3-2-6-29-22(15)18(10-16)24(25,26)27/h2-4,6-7,9-11,13-14H,5,8,12H2,1H3,(H,30,31,32)/t14-/m1/s1. The zero-order chi connectivity index (χ0) is 23.0. The average Bonchev–Trinajstić information content (AvgIpc) is 3.30. The number of halogens is 3. The van der Waals surface area contributed by atoms with E-state index in [1.165, 1.54) is 12.5 Å². The van der Waals surface area contributed by atoms with Crippen LogP contribution in [0.3, 0.4) is 0 Å². The molecule has 4 heterocycles. The second-order valence-corrected chi connectivity index (χ2v) is 7.94. The molecule has 0 amide bonds. The molecule has 1 atom stereocenters. The molecule has 1 aliphatic heterocycles. The predicted octanol–water partition coefficient (Wildman–Crippen LogP) is 5.26. The molecule has 0 aliphatic carbocycles. The Morgan fingerprint density at radius 1 is 1.06 bits per heavy atom. The summed E-state index contributed by atoms with van der Waals surface area (Å²) < 4.78 is 46.7. The minimum absolute atomic E-state index is 0.0814. The van der Waals surface area contributed by atoms with Gasteiger partial charge in [-0.2, -0.15) is 13.2 Å². The first kappa shape index (κ1) is 21.1. The third-order valence-electron chi connectivity index (χ3n) is 5.69. The summed E-state index contributed by atoms with van der Waals surface area (Å²) in [6.45, 7) is 3.26. The van der Waals surface area contributed by atoms with Crippen LogP contribution >= 0.6 is 0 Å². The van der Waals surface area contributed by atoms with Gasteiger partial charge in [-0.1, -0.05) is 13.0 Å². The first-order chi connectivity index (χ1) is 15.9. The van der Waals surface area contributed by atoms with Crippen LogP contribution in [0.25, 0.3) is 22.2 Å². The number of nitrogens with one attached hydrogen (secondary N) is 1. The SMILES string of the molecule is C[C@H](CNc1cc(-c2cc(C(F)(F)F)c3ncccc3c2)ncn1)c1ccnc2c1OCC2. The number of rotatable bonds is 5. The van der Waals surface area contributed by atoms with Crippen molar-refractivity contribution in [3.05, 3.63) is 71.9 Å². The number of hydrogen-bond acceptors (Lipinski definition) is 6. The number of ether oxygens (including phenoxy) is 1. The second kappa shape index (κ2) is 8.31. The lowest BCUT2D eigenvalue weighted by molar-refractivity contribution is -0.136. The van der Waals surface area contributed by atoms with E-state index >= 15 is 0 Å². The van der Waals surface area contributed by atoms with E-state index in [1.54, 1.807) is 30.5 Å². The summed E-state index contributed by atoms with van der Waals surface area (Å²) in [4.78, 5) is 16.7. The van der Waals surface area contributed by atoms with Crippen molar-refractivity contribution in [2.45, 2.75) is 25.4 Å². The second-order valence-electron chi connectivity index (χ2n) is 7.94. The summed E-state index contributed by atoms with van der Waals surface area (Å²) in [7, 11) is 0. The Morgan fingerprint density at radius 3 is 2.79 bits per heavy atom. The van der Waals surface area contributed by atoms with Gasteiger partial charge in [0.2, 0.25) is 0 Å². The van der Waals surface area contributed by atoms with E-state index in [2.05, 4.69) is 32.2 Å². The zero-order valence-corrected chi connectivity index (χ0v) is 17.7. The van der Waals surface area contributed by atoms with Crippen molar-refractivity contribution in [2.24, 2.45) is 0 Å². The van der Waals surface area contributed by atoms with Crippen molar-refractivity contribution in [3.63, 3.8) is 0 Å².